The minimum Gasteiger partial charge on any atom is -0.407 e. The lowest BCUT2D eigenvalue weighted by Gasteiger charge is -2.06. The fraction of sp³-hybridized carbons (Fsp3) is 0.0909. The lowest BCUT2D eigenvalue weighted by molar-refractivity contribution is -0.130. The van der Waals surface area contributed by atoms with Gasteiger partial charge in [0.05, 0.1) is 8.95 Å². The van der Waals surface area contributed by atoms with E-state index >= 15 is 0 Å². The third-order valence-electron chi connectivity index (χ3n) is 2.25. The number of cyclic esters (lactones) is 1. The highest BCUT2D eigenvalue weighted by atomic mass is 79.9. The summed E-state index contributed by atoms with van der Waals surface area (Å²) in [5.41, 5.74) is -0.536. The Bertz CT molecular complexity index is 627. The number of nitrogens with zero attached hydrogens (tertiary/aromatic N) is 1. The van der Waals surface area contributed by atoms with Crippen molar-refractivity contribution in [2.24, 2.45) is 4.99 Å². The molecule has 19 heavy (non-hydrogen) atoms. The SMILES string of the molecule is CC1=N/C(=C\c2c(F)c(Br)c(F)c(F)c2Br)C(=O)O1. The van der Waals surface area contributed by atoms with E-state index in [1.165, 1.54) is 6.92 Å². The molecule has 0 amide bonds. The second-order valence-corrected chi connectivity index (χ2v) is 5.12. The van der Waals surface area contributed by atoms with Gasteiger partial charge in [0.1, 0.15) is 5.82 Å². The summed E-state index contributed by atoms with van der Waals surface area (Å²) >= 11 is 5.34. The third kappa shape index (κ3) is 2.46. The zero-order valence-corrected chi connectivity index (χ0v) is 12.4. The number of rotatable bonds is 1. The van der Waals surface area contributed by atoms with Gasteiger partial charge in [0, 0.05) is 12.5 Å². The first kappa shape index (κ1) is 14.3. The number of esters is 1. The summed E-state index contributed by atoms with van der Waals surface area (Å²) in [5, 5.41) is 0. The van der Waals surface area contributed by atoms with Crippen LogP contribution in [0.1, 0.15) is 12.5 Å². The highest BCUT2D eigenvalue weighted by Gasteiger charge is 2.25. The number of carbonyl (C=O) groups is 1. The van der Waals surface area contributed by atoms with Crippen LogP contribution in [-0.4, -0.2) is 11.9 Å². The van der Waals surface area contributed by atoms with Crippen molar-refractivity contribution in [1.82, 2.24) is 0 Å². The first-order valence-corrected chi connectivity index (χ1v) is 6.42. The molecule has 3 nitrogen and oxygen atoms in total. The predicted octanol–water partition coefficient (Wildman–Crippen LogP) is 3.95. The minimum atomic E-state index is -1.36. The molecule has 100 valence electrons. The highest BCUT2D eigenvalue weighted by molar-refractivity contribution is 9.11. The Balaban J connectivity index is 2.65. The third-order valence-corrected chi connectivity index (χ3v) is 3.72. The summed E-state index contributed by atoms with van der Waals surface area (Å²) in [6.07, 6.45) is 0.978. The van der Waals surface area contributed by atoms with Crippen LogP contribution in [0, 0.1) is 17.5 Å². The zero-order chi connectivity index (χ0) is 14.3. The molecule has 0 spiro atoms. The van der Waals surface area contributed by atoms with E-state index in [1.807, 2.05) is 0 Å². The van der Waals surface area contributed by atoms with Gasteiger partial charge in [-0.15, -0.1) is 0 Å². The average molecular weight is 399 g/mol. The topological polar surface area (TPSA) is 38.7 Å². The van der Waals surface area contributed by atoms with E-state index in [0.29, 0.717) is 0 Å². The molecule has 1 aliphatic heterocycles. The van der Waals surface area contributed by atoms with E-state index in [9.17, 15) is 18.0 Å². The van der Waals surface area contributed by atoms with Crippen molar-refractivity contribution in [2.45, 2.75) is 6.92 Å². The van der Waals surface area contributed by atoms with Gasteiger partial charge in [-0.3, -0.25) is 0 Å². The monoisotopic (exact) mass is 397 g/mol. The van der Waals surface area contributed by atoms with Crippen molar-refractivity contribution in [2.75, 3.05) is 0 Å². The Morgan fingerprint density at radius 3 is 2.21 bits per heavy atom. The molecule has 1 aromatic rings. The van der Waals surface area contributed by atoms with Crippen LogP contribution >= 0.6 is 31.9 Å². The van der Waals surface area contributed by atoms with Crippen LogP contribution in [0.5, 0.6) is 0 Å². The Hall–Kier alpha value is -1.15. The molecule has 1 aromatic carbocycles. The molecule has 0 bridgehead atoms. The number of hydrogen-bond acceptors (Lipinski definition) is 3. The molecule has 0 unspecified atom stereocenters. The van der Waals surface area contributed by atoms with E-state index in [4.69, 9.17) is 0 Å². The van der Waals surface area contributed by atoms with Gasteiger partial charge >= 0.3 is 5.97 Å². The molecule has 8 heteroatoms. The largest absolute Gasteiger partial charge is 0.407 e. The van der Waals surface area contributed by atoms with Crippen LogP contribution in [0.25, 0.3) is 6.08 Å². The van der Waals surface area contributed by atoms with Gasteiger partial charge < -0.3 is 4.74 Å². The molecule has 2 rings (SSSR count). The van der Waals surface area contributed by atoms with Crippen LogP contribution in [0.3, 0.4) is 0 Å². The Morgan fingerprint density at radius 1 is 1.11 bits per heavy atom. The molecular weight excluding hydrogens is 395 g/mol. The second kappa shape index (κ2) is 5.09. The fourth-order valence-electron chi connectivity index (χ4n) is 1.40. The molecule has 0 saturated carbocycles. The van der Waals surface area contributed by atoms with Crippen molar-refractivity contribution < 1.29 is 22.7 Å². The van der Waals surface area contributed by atoms with Gasteiger partial charge in [0.2, 0.25) is 0 Å². The number of halogens is 5. The molecule has 0 aliphatic carbocycles. The van der Waals surface area contributed by atoms with Crippen molar-refractivity contribution in [3.8, 4) is 0 Å². The second-order valence-electron chi connectivity index (χ2n) is 3.53. The summed E-state index contributed by atoms with van der Waals surface area (Å²) in [5.74, 6) is -4.38. The van der Waals surface area contributed by atoms with Crippen LogP contribution in [0.4, 0.5) is 13.2 Å². The van der Waals surface area contributed by atoms with Gasteiger partial charge in [0.15, 0.2) is 23.2 Å². The summed E-state index contributed by atoms with van der Waals surface area (Å²) < 4.78 is 44.1. The van der Waals surface area contributed by atoms with E-state index in [0.717, 1.165) is 6.08 Å². The number of hydrogen-bond donors (Lipinski definition) is 0. The Morgan fingerprint density at radius 2 is 1.68 bits per heavy atom. The van der Waals surface area contributed by atoms with Gasteiger partial charge in [-0.25, -0.2) is 23.0 Å². The molecule has 0 aromatic heterocycles. The molecular formula is C11H4Br2F3NO2. The van der Waals surface area contributed by atoms with Crippen LogP contribution in [0.2, 0.25) is 0 Å². The Kier molecular flexibility index (Phi) is 3.82. The van der Waals surface area contributed by atoms with E-state index in [-0.39, 0.29) is 17.2 Å². The van der Waals surface area contributed by atoms with E-state index in [1.54, 1.807) is 0 Å². The minimum absolute atomic E-state index is 0.0921. The Labute approximate surface area is 122 Å². The number of aliphatic imine (C=N–C) groups is 1. The van der Waals surface area contributed by atoms with Gasteiger partial charge in [0.25, 0.3) is 0 Å². The molecule has 0 N–H and O–H groups in total. The predicted molar refractivity (Wildman–Crippen MR) is 68.9 cm³/mol. The maximum atomic E-state index is 13.9. The maximum absolute atomic E-state index is 13.9. The smallest absolute Gasteiger partial charge is 0.363 e. The quantitative estimate of drug-likeness (QED) is 0.311. The van der Waals surface area contributed by atoms with Crippen LogP contribution in [0.15, 0.2) is 19.6 Å². The fourth-order valence-corrected chi connectivity index (χ4v) is 2.25. The van der Waals surface area contributed by atoms with Gasteiger partial charge in [-0.1, -0.05) is 0 Å². The summed E-state index contributed by atoms with van der Waals surface area (Å²) in [6.45, 7) is 1.44. The molecule has 0 atom stereocenters. The average Bonchev–Trinajstić information content (AvgIpc) is 2.68. The molecule has 1 aliphatic rings. The first-order valence-electron chi connectivity index (χ1n) is 4.83. The van der Waals surface area contributed by atoms with E-state index in [2.05, 4.69) is 41.6 Å². The first-order chi connectivity index (χ1) is 8.82. The van der Waals surface area contributed by atoms with Crippen LogP contribution < -0.4 is 0 Å². The molecule has 0 saturated heterocycles. The summed E-state index contributed by atoms with van der Waals surface area (Å²) in [7, 11) is 0. The lowest BCUT2D eigenvalue weighted by Crippen LogP contribution is -2.01. The molecule has 0 fully saturated rings. The van der Waals surface area contributed by atoms with Crippen LogP contribution in [-0.2, 0) is 9.53 Å². The highest BCUT2D eigenvalue weighted by Crippen LogP contribution is 2.34. The van der Waals surface area contributed by atoms with Crippen molar-refractivity contribution in [1.29, 1.82) is 0 Å². The van der Waals surface area contributed by atoms with Gasteiger partial charge in [-0.05, 0) is 37.9 Å². The number of benzene rings is 1. The summed E-state index contributed by atoms with van der Waals surface area (Å²) in [6, 6.07) is 0. The standard InChI is InChI=1S/C11H4Br2F3NO2/c1-3-17-5(11(18)19-3)2-4-6(12)9(15)10(16)7(13)8(4)14/h2H,1H3/b5-2-. The normalized spacial score (nSPS) is 16.8. The number of carbonyl (C=O) groups excluding carboxylic acids is 1. The van der Waals surface area contributed by atoms with Crippen molar-refractivity contribution >= 4 is 49.8 Å². The molecule has 1 heterocycles. The maximum Gasteiger partial charge on any atom is 0.363 e. The molecule has 0 radical (unpaired) electrons. The van der Waals surface area contributed by atoms with Crippen molar-refractivity contribution in [3.05, 3.63) is 37.7 Å². The van der Waals surface area contributed by atoms with E-state index < -0.39 is 32.4 Å². The zero-order valence-electron chi connectivity index (χ0n) is 9.23. The van der Waals surface area contributed by atoms with Gasteiger partial charge in [-0.2, -0.15) is 0 Å². The number of ether oxygens (including phenoxy) is 1. The lowest BCUT2D eigenvalue weighted by atomic mass is 10.1. The summed E-state index contributed by atoms with van der Waals surface area (Å²) in [4.78, 5) is 15.0. The van der Waals surface area contributed by atoms with Crippen molar-refractivity contribution in [3.63, 3.8) is 0 Å².